The van der Waals surface area contributed by atoms with Crippen molar-refractivity contribution in [2.75, 3.05) is 20.3 Å². The summed E-state index contributed by atoms with van der Waals surface area (Å²) in [6.07, 6.45) is 3.85. The highest BCUT2D eigenvalue weighted by molar-refractivity contribution is 5.97. The third-order valence-electron chi connectivity index (χ3n) is 7.18. The second-order valence-electron chi connectivity index (χ2n) is 10.5. The Morgan fingerprint density at radius 3 is 2.58 bits per heavy atom. The molecule has 5 rings (SSSR count). The number of alkyl halides is 2. The van der Waals surface area contributed by atoms with E-state index >= 15 is 0 Å². The molecule has 2 heterocycles. The summed E-state index contributed by atoms with van der Waals surface area (Å²) in [5.74, 6) is -0.921. The van der Waals surface area contributed by atoms with Gasteiger partial charge in [-0.05, 0) is 56.7 Å². The Morgan fingerprint density at radius 2 is 1.95 bits per heavy atom. The molecule has 0 spiro atoms. The first-order chi connectivity index (χ1) is 19.1. The van der Waals surface area contributed by atoms with Crippen molar-refractivity contribution in [1.29, 1.82) is 0 Å². The number of nitrogens with one attached hydrogen (secondary N) is 1. The summed E-state index contributed by atoms with van der Waals surface area (Å²) in [6, 6.07) is 2.14. The lowest BCUT2D eigenvalue weighted by atomic mass is 10.1. The number of likely N-dealkylation sites (tertiary alicyclic amines) is 1. The molecule has 1 aromatic heterocycles. The van der Waals surface area contributed by atoms with Crippen molar-refractivity contribution in [2.45, 2.75) is 63.8 Å². The van der Waals surface area contributed by atoms with Crippen molar-refractivity contribution in [1.82, 2.24) is 15.2 Å². The number of hydrogen-bond acceptors (Lipinski definition) is 9. The van der Waals surface area contributed by atoms with Gasteiger partial charge >= 0.3 is 12.6 Å². The molecular weight excluding hydrogens is 530 g/mol. The summed E-state index contributed by atoms with van der Waals surface area (Å²) in [6.45, 7) is -0.987. The van der Waals surface area contributed by atoms with Gasteiger partial charge in [-0.2, -0.15) is 8.78 Å². The summed E-state index contributed by atoms with van der Waals surface area (Å²) in [5, 5.41) is 2.92. The third kappa shape index (κ3) is 6.19. The number of esters is 1. The molecule has 1 aromatic carbocycles. The standard InChI is InChI=1S/C27H32F2N4O7/c1-13(30)22-21(25(35)33-11-17(10-18(33)26(36)37-2)31-23(34)15-5-6-15)32-24(40-22)16-7-8-19(39-27(28)29)20(9-16)38-12-14-3-4-14/h7-9,13-15,17-18,27H,3-6,10-12,30H2,1-2H3,(H,31,34)/t13-,17-,18+/m0/s1. The summed E-state index contributed by atoms with van der Waals surface area (Å²) < 4.78 is 47.1. The summed E-state index contributed by atoms with van der Waals surface area (Å²) in [5.41, 5.74) is 6.37. The van der Waals surface area contributed by atoms with Gasteiger partial charge in [0.15, 0.2) is 23.0 Å². The minimum atomic E-state index is -3.04. The van der Waals surface area contributed by atoms with Crippen LogP contribution in [0, 0.1) is 11.8 Å². The number of nitrogens with zero attached hydrogens (tertiary/aromatic N) is 2. The van der Waals surface area contributed by atoms with E-state index in [0.29, 0.717) is 18.1 Å². The smallest absolute Gasteiger partial charge is 0.387 e. The minimum absolute atomic E-state index is 0.0166. The van der Waals surface area contributed by atoms with Gasteiger partial charge < -0.3 is 34.6 Å². The molecule has 3 N–H and O–H groups in total. The topological polar surface area (TPSA) is 146 Å². The van der Waals surface area contributed by atoms with Crippen LogP contribution in [0.25, 0.3) is 11.5 Å². The monoisotopic (exact) mass is 562 g/mol. The van der Waals surface area contributed by atoms with E-state index in [1.165, 1.54) is 30.2 Å². The van der Waals surface area contributed by atoms with Crippen molar-refractivity contribution in [3.8, 4) is 23.0 Å². The number of methoxy groups -OCH3 is 1. The number of carbonyl (C=O) groups excluding carboxylic acids is 3. The van der Waals surface area contributed by atoms with Crippen molar-refractivity contribution < 1.29 is 41.8 Å². The highest BCUT2D eigenvalue weighted by Gasteiger charge is 2.44. The number of halogens is 2. The first kappa shape index (κ1) is 27.8. The lowest BCUT2D eigenvalue weighted by Gasteiger charge is -2.22. The quantitative estimate of drug-likeness (QED) is 0.395. The molecular formula is C27H32F2N4O7. The number of aromatic nitrogens is 1. The fourth-order valence-electron chi connectivity index (χ4n) is 4.68. The van der Waals surface area contributed by atoms with Crippen LogP contribution in [0.15, 0.2) is 22.6 Å². The molecule has 2 amide bonds. The highest BCUT2D eigenvalue weighted by Crippen LogP contribution is 2.37. The van der Waals surface area contributed by atoms with Crippen LogP contribution in [0.4, 0.5) is 8.78 Å². The van der Waals surface area contributed by atoms with Crippen LogP contribution in [-0.4, -0.2) is 66.6 Å². The normalized spacial score (nSPS) is 21.3. The number of ether oxygens (including phenoxy) is 3. The van der Waals surface area contributed by atoms with Gasteiger partial charge in [-0.3, -0.25) is 9.59 Å². The second-order valence-corrected chi connectivity index (χ2v) is 10.5. The van der Waals surface area contributed by atoms with Crippen molar-refractivity contribution in [3.63, 3.8) is 0 Å². The molecule has 3 fully saturated rings. The van der Waals surface area contributed by atoms with E-state index in [9.17, 15) is 23.2 Å². The molecule has 40 heavy (non-hydrogen) atoms. The molecule has 3 atom stereocenters. The van der Waals surface area contributed by atoms with Gasteiger partial charge in [0.25, 0.3) is 5.91 Å². The van der Waals surface area contributed by atoms with E-state index in [0.717, 1.165) is 25.7 Å². The Labute approximate surface area is 229 Å². The van der Waals surface area contributed by atoms with E-state index in [2.05, 4.69) is 15.0 Å². The molecule has 2 aromatic rings. The van der Waals surface area contributed by atoms with Gasteiger partial charge in [-0.1, -0.05) is 0 Å². The molecule has 216 valence electrons. The molecule has 1 saturated heterocycles. The minimum Gasteiger partial charge on any atom is -0.489 e. The zero-order chi connectivity index (χ0) is 28.6. The SMILES string of the molecule is COC(=O)[C@H]1C[C@H](NC(=O)C2CC2)CN1C(=O)c1nc(-c2ccc(OC(F)F)c(OCC3CC3)c2)oc1[C@H](C)N. The molecule has 11 nitrogen and oxygen atoms in total. The average Bonchev–Trinajstić information content (AvgIpc) is 3.85. The Kier molecular flexibility index (Phi) is 7.92. The van der Waals surface area contributed by atoms with Gasteiger partial charge in [0, 0.05) is 30.5 Å². The maximum Gasteiger partial charge on any atom is 0.387 e. The van der Waals surface area contributed by atoms with Crippen molar-refractivity contribution in [3.05, 3.63) is 29.7 Å². The lowest BCUT2D eigenvalue weighted by Crippen LogP contribution is -2.42. The number of carbonyl (C=O) groups is 3. The molecule has 0 bridgehead atoms. The van der Waals surface area contributed by atoms with Gasteiger partial charge in [0.2, 0.25) is 11.8 Å². The van der Waals surface area contributed by atoms with E-state index in [1.54, 1.807) is 6.92 Å². The highest BCUT2D eigenvalue weighted by atomic mass is 19.3. The Morgan fingerprint density at radius 1 is 1.20 bits per heavy atom. The number of hydrogen-bond donors (Lipinski definition) is 2. The predicted octanol–water partition coefficient (Wildman–Crippen LogP) is 3.03. The molecule has 1 aliphatic heterocycles. The van der Waals surface area contributed by atoms with Gasteiger partial charge in [-0.25, -0.2) is 9.78 Å². The molecule has 3 aliphatic rings. The van der Waals surface area contributed by atoms with Gasteiger partial charge in [0.1, 0.15) is 6.04 Å². The number of amides is 2. The van der Waals surface area contributed by atoms with E-state index in [1.807, 2.05) is 0 Å². The number of benzene rings is 1. The fraction of sp³-hybridized carbons (Fsp3) is 0.556. The maximum absolute atomic E-state index is 13.8. The lowest BCUT2D eigenvalue weighted by molar-refractivity contribution is -0.145. The molecule has 2 aliphatic carbocycles. The van der Waals surface area contributed by atoms with Crippen LogP contribution in [-0.2, 0) is 14.3 Å². The van der Waals surface area contributed by atoms with Crippen LogP contribution >= 0.6 is 0 Å². The first-order valence-electron chi connectivity index (χ1n) is 13.3. The predicted molar refractivity (Wildman–Crippen MR) is 136 cm³/mol. The molecule has 13 heteroatoms. The molecule has 0 unspecified atom stereocenters. The van der Waals surface area contributed by atoms with E-state index in [-0.39, 0.29) is 53.6 Å². The van der Waals surface area contributed by atoms with Gasteiger partial charge in [0.05, 0.1) is 19.8 Å². The van der Waals surface area contributed by atoms with E-state index < -0.39 is 36.6 Å². The number of rotatable bonds is 11. The third-order valence-corrected chi connectivity index (χ3v) is 7.18. The van der Waals surface area contributed by atoms with Crippen LogP contribution < -0.4 is 20.5 Å². The second kappa shape index (κ2) is 11.4. The fourth-order valence-corrected chi connectivity index (χ4v) is 4.68. The summed E-state index contributed by atoms with van der Waals surface area (Å²) in [4.78, 5) is 44.4. The Hall–Kier alpha value is -3.74. The van der Waals surface area contributed by atoms with Crippen molar-refractivity contribution in [2.24, 2.45) is 17.6 Å². The largest absolute Gasteiger partial charge is 0.489 e. The van der Waals surface area contributed by atoms with Crippen LogP contribution in [0.2, 0.25) is 0 Å². The van der Waals surface area contributed by atoms with Gasteiger partial charge in [-0.15, -0.1) is 0 Å². The average molecular weight is 563 g/mol. The van der Waals surface area contributed by atoms with Crippen LogP contribution in [0.1, 0.15) is 61.3 Å². The Balaban J connectivity index is 1.42. The maximum atomic E-state index is 13.8. The first-order valence-corrected chi connectivity index (χ1v) is 13.3. The zero-order valence-electron chi connectivity index (χ0n) is 22.2. The van der Waals surface area contributed by atoms with Crippen LogP contribution in [0.5, 0.6) is 11.5 Å². The summed E-state index contributed by atoms with van der Waals surface area (Å²) >= 11 is 0. The summed E-state index contributed by atoms with van der Waals surface area (Å²) in [7, 11) is 1.23. The molecule has 2 saturated carbocycles. The number of nitrogens with two attached hydrogens (primary N) is 1. The van der Waals surface area contributed by atoms with Crippen LogP contribution in [0.3, 0.4) is 0 Å². The molecule has 0 radical (unpaired) electrons. The zero-order valence-corrected chi connectivity index (χ0v) is 22.2. The number of oxazole rings is 1. The van der Waals surface area contributed by atoms with E-state index in [4.69, 9.17) is 19.6 Å². The Bertz CT molecular complexity index is 1280. The van der Waals surface area contributed by atoms with Crippen molar-refractivity contribution >= 4 is 17.8 Å².